The summed E-state index contributed by atoms with van der Waals surface area (Å²) in [6, 6.07) is 11.7. The Balaban J connectivity index is 1.28. The smallest absolute Gasteiger partial charge is 0.252 e. The van der Waals surface area contributed by atoms with Gasteiger partial charge in [-0.2, -0.15) is 4.98 Å². The Labute approximate surface area is 211 Å². The molecule has 0 unspecified atom stereocenters. The van der Waals surface area contributed by atoms with Crippen molar-refractivity contribution in [3.05, 3.63) is 71.2 Å². The van der Waals surface area contributed by atoms with E-state index in [4.69, 9.17) is 4.98 Å². The van der Waals surface area contributed by atoms with Crippen molar-refractivity contribution in [1.82, 2.24) is 29.2 Å². The number of benzene rings is 1. The van der Waals surface area contributed by atoms with Crippen LogP contribution in [0.1, 0.15) is 12.0 Å². The Kier molecular flexibility index (Phi) is 7.11. The van der Waals surface area contributed by atoms with Crippen molar-refractivity contribution < 1.29 is 4.79 Å². The number of likely N-dealkylation sites (tertiary alicyclic amines) is 1. The third kappa shape index (κ3) is 5.47. The first kappa shape index (κ1) is 24.1. The minimum atomic E-state index is -0.0836. The number of pyridine rings is 1. The van der Waals surface area contributed by atoms with E-state index in [0.29, 0.717) is 37.1 Å². The average Bonchev–Trinajstić information content (AvgIpc) is 2.85. The van der Waals surface area contributed by atoms with E-state index in [9.17, 15) is 9.59 Å². The van der Waals surface area contributed by atoms with Gasteiger partial charge in [0.05, 0.1) is 0 Å². The molecular weight excluding hydrogens is 454 g/mol. The van der Waals surface area contributed by atoms with Crippen LogP contribution in [0.2, 0.25) is 0 Å². The highest BCUT2D eigenvalue weighted by Crippen LogP contribution is 2.22. The van der Waals surface area contributed by atoms with Gasteiger partial charge >= 0.3 is 0 Å². The molecule has 188 valence electrons. The lowest BCUT2D eigenvalue weighted by Crippen LogP contribution is -2.49. The van der Waals surface area contributed by atoms with Gasteiger partial charge < -0.3 is 15.1 Å². The molecule has 3 aromatic rings. The molecule has 0 bridgehead atoms. The lowest BCUT2D eigenvalue weighted by atomic mass is 9.96. The molecule has 1 N–H and O–H groups in total. The van der Waals surface area contributed by atoms with Gasteiger partial charge in [-0.05, 0) is 49.2 Å². The molecule has 0 spiro atoms. The first-order valence-electron chi connectivity index (χ1n) is 12.5. The number of amides is 1. The zero-order chi connectivity index (χ0) is 25.1. The van der Waals surface area contributed by atoms with Crippen LogP contribution in [0.15, 0.2) is 60.0 Å². The summed E-state index contributed by atoms with van der Waals surface area (Å²) in [5.41, 5.74) is 2.70. The van der Waals surface area contributed by atoms with Gasteiger partial charge in [0.15, 0.2) is 0 Å². The number of aryl methyl sites for hydroxylation is 1. The van der Waals surface area contributed by atoms with Crippen molar-refractivity contribution in [2.75, 3.05) is 51.6 Å². The third-order valence-electron chi connectivity index (χ3n) is 7.11. The monoisotopic (exact) mass is 487 g/mol. The summed E-state index contributed by atoms with van der Waals surface area (Å²) in [7, 11) is 2.16. The summed E-state index contributed by atoms with van der Waals surface area (Å²) >= 11 is 0. The first-order valence-corrected chi connectivity index (χ1v) is 12.5. The molecule has 0 radical (unpaired) electrons. The SMILES string of the molecule is C=CC(=O)N1CC(CCn2c(=O)ccc3cnc(Nc4cccc(CN5CCN(C)CC5)c4)nc32)C1. The highest BCUT2D eigenvalue weighted by Gasteiger charge is 2.29. The van der Waals surface area contributed by atoms with Gasteiger partial charge in [-0.1, -0.05) is 18.7 Å². The van der Waals surface area contributed by atoms with Crippen molar-refractivity contribution in [3.63, 3.8) is 0 Å². The fourth-order valence-electron chi connectivity index (χ4n) is 4.86. The molecule has 36 heavy (non-hydrogen) atoms. The van der Waals surface area contributed by atoms with Crippen molar-refractivity contribution in [2.24, 2.45) is 5.92 Å². The Morgan fingerprint density at radius 3 is 2.75 bits per heavy atom. The molecule has 2 aliphatic rings. The second-order valence-electron chi connectivity index (χ2n) is 9.80. The molecule has 0 atom stereocenters. The van der Waals surface area contributed by atoms with E-state index in [2.05, 4.69) is 45.9 Å². The summed E-state index contributed by atoms with van der Waals surface area (Å²) in [6.07, 6.45) is 3.91. The van der Waals surface area contributed by atoms with Crippen molar-refractivity contribution in [2.45, 2.75) is 19.5 Å². The van der Waals surface area contributed by atoms with E-state index in [-0.39, 0.29) is 11.5 Å². The van der Waals surface area contributed by atoms with Gasteiger partial charge in [0.1, 0.15) is 5.65 Å². The molecule has 2 aromatic heterocycles. The zero-order valence-corrected chi connectivity index (χ0v) is 20.8. The summed E-state index contributed by atoms with van der Waals surface area (Å²) in [5, 5.41) is 4.14. The van der Waals surface area contributed by atoms with E-state index in [1.165, 1.54) is 11.6 Å². The number of aromatic nitrogens is 3. The lowest BCUT2D eigenvalue weighted by Gasteiger charge is -2.38. The van der Waals surface area contributed by atoms with Crippen LogP contribution in [0.3, 0.4) is 0 Å². The fourth-order valence-corrected chi connectivity index (χ4v) is 4.86. The van der Waals surface area contributed by atoms with Crippen LogP contribution in [-0.2, 0) is 17.9 Å². The molecule has 9 heteroatoms. The van der Waals surface area contributed by atoms with Crippen LogP contribution in [0.4, 0.5) is 11.6 Å². The molecule has 2 fully saturated rings. The summed E-state index contributed by atoms with van der Waals surface area (Å²) in [4.78, 5) is 40.2. The highest BCUT2D eigenvalue weighted by molar-refractivity contribution is 5.87. The maximum absolute atomic E-state index is 12.7. The molecule has 4 heterocycles. The van der Waals surface area contributed by atoms with Crippen LogP contribution in [0, 0.1) is 5.92 Å². The second-order valence-corrected chi connectivity index (χ2v) is 9.80. The summed E-state index contributed by atoms with van der Waals surface area (Å²) < 4.78 is 1.71. The van der Waals surface area contributed by atoms with E-state index >= 15 is 0 Å². The number of hydrogen-bond acceptors (Lipinski definition) is 7. The van der Waals surface area contributed by atoms with Gasteiger partial charge in [-0.15, -0.1) is 0 Å². The summed E-state index contributed by atoms with van der Waals surface area (Å²) in [6.45, 7) is 10.7. The number of hydrogen-bond donors (Lipinski definition) is 1. The standard InChI is InChI=1S/C27H33N7O2/c1-3-24(35)33-18-21(19-33)9-10-34-25(36)8-7-22-16-28-27(30-26(22)34)29-23-6-4-5-20(15-23)17-32-13-11-31(2)12-14-32/h3-8,15-16,21H,1,9-14,17-19H2,2H3,(H,28,29,30). The maximum atomic E-state index is 12.7. The second kappa shape index (κ2) is 10.6. The van der Waals surface area contributed by atoms with Crippen molar-refractivity contribution in [1.29, 1.82) is 0 Å². The predicted molar refractivity (Wildman–Crippen MR) is 141 cm³/mol. The van der Waals surface area contributed by atoms with E-state index < -0.39 is 0 Å². The van der Waals surface area contributed by atoms with Gasteiger partial charge in [0.25, 0.3) is 5.56 Å². The largest absolute Gasteiger partial charge is 0.338 e. The molecule has 0 saturated carbocycles. The molecule has 1 amide bonds. The number of nitrogens with zero attached hydrogens (tertiary/aromatic N) is 6. The van der Waals surface area contributed by atoms with Crippen LogP contribution in [0.25, 0.3) is 11.0 Å². The van der Waals surface area contributed by atoms with Crippen LogP contribution >= 0.6 is 0 Å². The topological polar surface area (TPSA) is 86.6 Å². The summed E-state index contributed by atoms with van der Waals surface area (Å²) in [5.74, 6) is 0.799. The number of carbonyl (C=O) groups is 1. The number of anilines is 2. The number of likely N-dealkylation sites (N-methyl/N-ethyl adjacent to an activating group) is 1. The van der Waals surface area contributed by atoms with Crippen LogP contribution < -0.4 is 10.9 Å². The Hall–Kier alpha value is -3.56. The Bertz CT molecular complexity index is 1310. The number of piperazine rings is 1. The molecule has 2 saturated heterocycles. The van der Waals surface area contributed by atoms with E-state index in [0.717, 1.165) is 50.2 Å². The quantitative estimate of drug-likeness (QED) is 0.488. The van der Waals surface area contributed by atoms with E-state index in [1.807, 2.05) is 12.1 Å². The highest BCUT2D eigenvalue weighted by atomic mass is 16.2. The van der Waals surface area contributed by atoms with Crippen molar-refractivity contribution in [3.8, 4) is 0 Å². The van der Waals surface area contributed by atoms with Crippen LogP contribution in [-0.4, -0.2) is 81.5 Å². The number of carbonyl (C=O) groups excluding carboxylic acids is 1. The van der Waals surface area contributed by atoms with E-state index in [1.54, 1.807) is 27.8 Å². The van der Waals surface area contributed by atoms with Crippen molar-refractivity contribution >= 4 is 28.6 Å². The Morgan fingerprint density at radius 2 is 1.97 bits per heavy atom. The van der Waals surface area contributed by atoms with Gasteiger partial charge in [-0.3, -0.25) is 19.1 Å². The van der Waals surface area contributed by atoms with Crippen LogP contribution in [0.5, 0.6) is 0 Å². The maximum Gasteiger partial charge on any atom is 0.252 e. The third-order valence-corrected chi connectivity index (χ3v) is 7.11. The molecule has 1 aromatic carbocycles. The zero-order valence-electron chi connectivity index (χ0n) is 20.8. The Morgan fingerprint density at radius 1 is 1.17 bits per heavy atom. The number of rotatable bonds is 8. The molecular formula is C27H33N7O2. The minimum Gasteiger partial charge on any atom is -0.338 e. The molecule has 0 aliphatic carbocycles. The lowest BCUT2D eigenvalue weighted by molar-refractivity contribution is -0.132. The van der Waals surface area contributed by atoms with Gasteiger partial charge in [-0.25, -0.2) is 4.98 Å². The number of nitrogens with one attached hydrogen (secondary N) is 1. The minimum absolute atomic E-state index is 0.0374. The van der Waals surface area contributed by atoms with Gasteiger partial charge in [0, 0.05) is 75.7 Å². The van der Waals surface area contributed by atoms with Gasteiger partial charge in [0.2, 0.25) is 11.9 Å². The predicted octanol–water partition coefficient (Wildman–Crippen LogP) is 2.32. The molecule has 5 rings (SSSR count). The average molecular weight is 488 g/mol. The normalized spacial score (nSPS) is 17.2. The number of fused-ring (bicyclic) bond motifs is 1. The molecule has 9 nitrogen and oxygen atoms in total. The molecule has 2 aliphatic heterocycles. The fraction of sp³-hybridized carbons (Fsp3) is 0.407. The first-order chi connectivity index (χ1) is 17.5.